The van der Waals surface area contributed by atoms with Crippen LogP contribution in [0, 0.1) is 6.92 Å². The summed E-state index contributed by atoms with van der Waals surface area (Å²) in [6.45, 7) is 2.06. The van der Waals surface area contributed by atoms with E-state index < -0.39 is 0 Å². The molecule has 0 N–H and O–H groups in total. The number of carbonyl (C=O) groups is 1. The van der Waals surface area contributed by atoms with Crippen LogP contribution in [0.2, 0.25) is 0 Å². The van der Waals surface area contributed by atoms with E-state index in [2.05, 4.69) is 13.0 Å². The Labute approximate surface area is 78.2 Å². The lowest BCUT2D eigenvalue weighted by Gasteiger charge is -1.97. The maximum Gasteiger partial charge on any atom is 0.163 e. The molecule has 0 saturated heterocycles. The Morgan fingerprint density at radius 3 is 2.75 bits per heavy atom. The zero-order chi connectivity index (χ0) is 7.84. The van der Waals surface area contributed by atoms with Gasteiger partial charge in [0, 0.05) is 12.0 Å². The smallest absolute Gasteiger partial charge is 0.163 e. The van der Waals surface area contributed by atoms with Gasteiger partial charge in [0.15, 0.2) is 5.78 Å². The lowest BCUT2D eigenvalue weighted by Crippen LogP contribution is -1.90. The van der Waals surface area contributed by atoms with Crippen LogP contribution < -0.4 is 0 Å². The number of ketones is 1. The Bertz CT molecular complexity index is 318. The summed E-state index contributed by atoms with van der Waals surface area (Å²) in [6, 6.07) is 6.06. The van der Waals surface area contributed by atoms with E-state index in [1.165, 1.54) is 11.1 Å². The Kier molecular flexibility index (Phi) is 2.53. The minimum absolute atomic E-state index is 0. The molecule has 0 atom stereocenters. The van der Waals surface area contributed by atoms with Crippen LogP contribution in [0.3, 0.4) is 0 Å². The minimum atomic E-state index is 0. The fraction of sp³-hybridized carbons (Fsp3) is 0.300. The van der Waals surface area contributed by atoms with Crippen molar-refractivity contribution in [3.05, 3.63) is 34.9 Å². The molecule has 0 aliphatic heterocycles. The lowest BCUT2D eigenvalue weighted by atomic mass is 10.1. The summed E-state index contributed by atoms with van der Waals surface area (Å²) in [5.41, 5.74) is 3.42. The summed E-state index contributed by atoms with van der Waals surface area (Å²) in [5.74, 6) is 0.306. The highest BCUT2D eigenvalue weighted by Crippen LogP contribution is 2.22. The monoisotopic (exact) mass is 182 g/mol. The summed E-state index contributed by atoms with van der Waals surface area (Å²) in [5, 5.41) is 0. The first kappa shape index (κ1) is 9.27. The standard InChI is InChI=1S/C10H10O.ClH/c1-7-2-4-9-8(6-7)3-5-10(9)11;/h2,4,6H,3,5H2,1H3;1H. The van der Waals surface area contributed by atoms with E-state index in [1.807, 2.05) is 12.1 Å². The second kappa shape index (κ2) is 3.28. The van der Waals surface area contributed by atoms with Gasteiger partial charge in [0.05, 0.1) is 0 Å². The Balaban J connectivity index is 0.000000720. The van der Waals surface area contributed by atoms with Crippen LogP contribution in [0.15, 0.2) is 18.2 Å². The molecule has 0 aromatic heterocycles. The molecule has 64 valence electrons. The van der Waals surface area contributed by atoms with Gasteiger partial charge in [-0.3, -0.25) is 4.79 Å². The molecule has 12 heavy (non-hydrogen) atoms. The molecule has 0 spiro atoms. The molecule has 0 saturated carbocycles. The predicted octanol–water partition coefficient (Wildman–Crippen LogP) is 2.55. The molecule has 0 heterocycles. The molecule has 1 aliphatic carbocycles. The quantitative estimate of drug-likeness (QED) is 0.603. The summed E-state index contributed by atoms with van der Waals surface area (Å²) in [4.78, 5) is 11.2. The molecule has 1 nitrogen and oxygen atoms in total. The number of aryl methyl sites for hydroxylation is 2. The van der Waals surface area contributed by atoms with E-state index in [0.717, 1.165) is 12.0 Å². The van der Waals surface area contributed by atoms with Crippen LogP contribution in [0.25, 0.3) is 0 Å². The van der Waals surface area contributed by atoms with Crippen molar-refractivity contribution in [3.8, 4) is 0 Å². The highest BCUT2D eigenvalue weighted by Gasteiger charge is 2.18. The molecular formula is C10H11ClO. The van der Waals surface area contributed by atoms with Crippen molar-refractivity contribution in [2.24, 2.45) is 0 Å². The van der Waals surface area contributed by atoms with Crippen molar-refractivity contribution in [3.63, 3.8) is 0 Å². The van der Waals surface area contributed by atoms with E-state index in [9.17, 15) is 4.79 Å². The molecule has 0 unspecified atom stereocenters. The Morgan fingerprint density at radius 1 is 1.25 bits per heavy atom. The second-order valence-electron chi connectivity index (χ2n) is 3.08. The molecule has 1 aromatic carbocycles. The average molecular weight is 183 g/mol. The SMILES string of the molecule is Cc1ccc2c(c1)CCC2=O.Cl. The summed E-state index contributed by atoms with van der Waals surface area (Å²) in [6.07, 6.45) is 1.65. The minimum Gasteiger partial charge on any atom is -0.294 e. The van der Waals surface area contributed by atoms with E-state index in [-0.39, 0.29) is 12.4 Å². The van der Waals surface area contributed by atoms with Gasteiger partial charge in [0.25, 0.3) is 0 Å². The van der Waals surface area contributed by atoms with Crippen LogP contribution in [-0.4, -0.2) is 5.78 Å². The van der Waals surface area contributed by atoms with Gasteiger partial charge in [0.1, 0.15) is 0 Å². The third-order valence-electron chi connectivity index (χ3n) is 2.18. The highest BCUT2D eigenvalue weighted by molar-refractivity contribution is 6.00. The van der Waals surface area contributed by atoms with Gasteiger partial charge in [-0.15, -0.1) is 12.4 Å². The summed E-state index contributed by atoms with van der Waals surface area (Å²) < 4.78 is 0. The van der Waals surface area contributed by atoms with Crippen LogP contribution in [-0.2, 0) is 6.42 Å². The fourth-order valence-corrected chi connectivity index (χ4v) is 1.58. The molecule has 0 bridgehead atoms. The first-order valence-electron chi connectivity index (χ1n) is 3.90. The van der Waals surface area contributed by atoms with Gasteiger partial charge in [-0.2, -0.15) is 0 Å². The van der Waals surface area contributed by atoms with Gasteiger partial charge in [-0.05, 0) is 18.9 Å². The molecule has 2 rings (SSSR count). The first-order chi connectivity index (χ1) is 5.27. The predicted molar refractivity (Wildman–Crippen MR) is 51.1 cm³/mol. The lowest BCUT2D eigenvalue weighted by molar-refractivity contribution is 0.0994. The van der Waals surface area contributed by atoms with Crippen molar-refractivity contribution in [2.45, 2.75) is 19.8 Å². The largest absolute Gasteiger partial charge is 0.294 e. The summed E-state index contributed by atoms with van der Waals surface area (Å²) >= 11 is 0. The van der Waals surface area contributed by atoms with E-state index in [1.54, 1.807) is 0 Å². The number of halogens is 1. The van der Waals surface area contributed by atoms with Crippen molar-refractivity contribution >= 4 is 18.2 Å². The van der Waals surface area contributed by atoms with Gasteiger partial charge >= 0.3 is 0 Å². The van der Waals surface area contributed by atoms with Gasteiger partial charge in [-0.1, -0.05) is 23.8 Å². The number of Topliss-reactive ketones (excluding diaryl/α,β-unsaturated/α-hetero) is 1. The van der Waals surface area contributed by atoms with Gasteiger partial charge < -0.3 is 0 Å². The van der Waals surface area contributed by atoms with Gasteiger partial charge in [0.2, 0.25) is 0 Å². The highest BCUT2D eigenvalue weighted by atomic mass is 35.5. The zero-order valence-electron chi connectivity index (χ0n) is 6.96. The van der Waals surface area contributed by atoms with E-state index >= 15 is 0 Å². The average Bonchev–Trinajstić information content (AvgIpc) is 2.32. The third-order valence-corrected chi connectivity index (χ3v) is 2.18. The molecule has 0 amide bonds. The Hall–Kier alpha value is -0.820. The Morgan fingerprint density at radius 2 is 2.00 bits per heavy atom. The molecule has 1 aliphatic rings. The summed E-state index contributed by atoms with van der Waals surface area (Å²) in [7, 11) is 0. The van der Waals surface area contributed by atoms with E-state index in [0.29, 0.717) is 12.2 Å². The molecule has 2 heteroatoms. The fourth-order valence-electron chi connectivity index (χ4n) is 1.58. The number of hydrogen-bond donors (Lipinski definition) is 0. The van der Waals surface area contributed by atoms with Crippen molar-refractivity contribution in [2.75, 3.05) is 0 Å². The first-order valence-corrected chi connectivity index (χ1v) is 3.90. The van der Waals surface area contributed by atoms with Crippen LogP contribution in [0.5, 0.6) is 0 Å². The molecule has 0 fully saturated rings. The maximum absolute atomic E-state index is 11.2. The molecular weight excluding hydrogens is 172 g/mol. The number of carbonyl (C=O) groups excluding carboxylic acids is 1. The third kappa shape index (κ3) is 1.37. The van der Waals surface area contributed by atoms with Crippen molar-refractivity contribution < 1.29 is 4.79 Å². The normalized spacial score (nSPS) is 13.9. The zero-order valence-corrected chi connectivity index (χ0v) is 7.78. The second-order valence-corrected chi connectivity index (χ2v) is 3.08. The molecule has 1 aromatic rings. The van der Waals surface area contributed by atoms with Gasteiger partial charge in [-0.25, -0.2) is 0 Å². The molecule has 0 radical (unpaired) electrons. The number of hydrogen-bond acceptors (Lipinski definition) is 1. The number of fused-ring (bicyclic) bond motifs is 1. The maximum atomic E-state index is 11.2. The van der Waals surface area contributed by atoms with Crippen molar-refractivity contribution in [1.82, 2.24) is 0 Å². The van der Waals surface area contributed by atoms with Crippen LogP contribution in [0.1, 0.15) is 27.9 Å². The topological polar surface area (TPSA) is 17.1 Å². The van der Waals surface area contributed by atoms with Crippen molar-refractivity contribution in [1.29, 1.82) is 0 Å². The van der Waals surface area contributed by atoms with E-state index in [4.69, 9.17) is 0 Å². The van der Waals surface area contributed by atoms with Crippen LogP contribution >= 0.6 is 12.4 Å². The number of benzene rings is 1. The number of rotatable bonds is 0. The van der Waals surface area contributed by atoms with Crippen LogP contribution in [0.4, 0.5) is 0 Å².